The summed E-state index contributed by atoms with van der Waals surface area (Å²) in [6, 6.07) is -1.05. The van der Waals surface area contributed by atoms with Gasteiger partial charge in [0.05, 0.1) is 25.4 Å². The molecule has 0 saturated carbocycles. The van der Waals surface area contributed by atoms with E-state index in [4.69, 9.17) is 14.2 Å². The lowest BCUT2D eigenvalue weighted by molar-refractivity contribution is -0.305. The number of hydrogen-bond acceptors (Lipinski definition) is 10. The van der Waals surface area contributed by atoms with Crippen LogP contribution in [0.5, 0.6) is 0 Å². The molecule has 1 aliphatic rings. The first kappa shape index (κ1) is 74.9. The van der Waals surface area contributed by atoms with E-state index in [9.17, 15) is 35.1 Å². The van der Waals surface area contributed by atoms with Crippen LogP contribution in [-0.2, 0) is 23.8 Å². The van der Waals surface area contributed by atoms with Crippen molar-refractivity contribution < 1.29 is 49.3 Å². The van der Waals surface area contributed by atoms with E-state index < -0.39 is 67.4 Å². The number of carbonyl (C=O) groups is 2. The number of nitrogens with one attached hydrogen (secondary N) is 1. The minimum Gasteiger partial charge on any atom is -0.454 e. The highest BCUT2D eigenvalue weighted by Crippen LogP contribution is 2.26. The number of hydrogen-bond donors (Lipinski definition) is 6. The third-order valence-electron chi connectivity index (χ3n) is 16.1. The Labute approximate surface area is 485 Å². The molecule has 0 aliphatic carbocycles. The normalized spacial score (nSPS) is 19.0. The van der Waals surface area contributed by atoms with Crippen LogP contribution in [-0.4, -0.2) is 99.6 Å². The van der Waals surface area contributed by atoms with Crippen molar-refractivity contribution in [2.45, 2.75) is 372 Å². The minimum absolute atomic E-state index is 0.0845. The SMILES string of the molecule is CCCCCCCC/C=C\C/C=C/CC(O)C(=O)NC(COC1OC(CO)C(O)C(O)C1OC(=O)CCCCCCCCCCCCCCCCCCCCCCCCCCC)C(O)/C=C/CCCCCCCCCCCCC. The Bertz CT molecular complexity index is 1420. The summed E-state index contributed by atoms with van der Waals surface area (Å²) >= 11 is 0. The molecule has 11 heteroatoms. The fourth-order valence-electron chi connectivity index (χ4n) is 10.7. The molecule has 464 valence electrons. The van der Waals surface area contributed by atoms with E-state index in [1.807, 2.05) is 12.2 Å². The predicted molar refractivity (Wildman–Crippen MR) is 329 cm³/mol. The number of esters is 1. The molecule has 8 atom stereocenters. The summed E-state index contributed by atoms with van der Waals surface area (Å²) in [5.41, 5.74) is 0. The van der Waals surface area contributed by atoms with Gasteiger partial charge in [-0.05, 0) is 38.5 Å². The monoisotopic (exact) mass is 1120 g/mol. The zero-order valence-electron chi connectivity index (χ0n) is 51.5. The maximum atomic E-state index is 13.4. The number of amides is 1. The van der Waals surface area contributed by atoms with Gasteiger partial charge in [-0.3, -0.25) is 9.59 Å². The molecule has 1 rings (SSSR count). The van der Waals surface area contributed by atoms with Crippen LogP contribution >= 0.6 is 0 Å². The highest BCUT2D eigenvalue weighted by Gasteiger charge is 2.47. The molecule has 0 radical (unpaired) electrons. The van der Waals surface area contributed by atoms with Crippen molar-refractivity contribution in [2.24, 2.45) is 0 Å². The van der Waals surface area contributed by atoms with Crippen molar-refractivity contribution in [3.05, 3.63) is 36.5 Å². The maximum absolute atomic E-state index is 13.4. The van der Waals surface area contributed by atoms with Crippen LogP contribution in [0.3, 0.4) is 0 Å². The Morgan fingerprint density at radius 3 is 1.29 bits per heavy atom. The summed E-state index contributed by atoms with van der Waals surface area (Å²) in [6.07, 6.45) is 58.0. The molecular weight excluding hydrogens is 991 g/mol. The lowest BCUT2D eigenvalue weighted by Gasteiger charge is -2.41. The number of rotatable bonds is 58. The molecule has 0 aromatic carbocycles. The molecule has 1 fully saturated rings. The quantitative estimate of drug-likeness (QED) is 0.0195. The molecule has 8 unspecified atom stereocenters. The average molecular weight is 1120 g/mol. The number of unbranched alkanes of at least 4 members (excludes halogenated alkanes) is 41. The van der Waals surface area contributed by atoms with E-state index in [1.54, 1.807) is 12.2 Å². The van der Waals surface area contributed by atoms with Crippen LogP contribution in [0.2, 0.25) is 0 Å². The van der Waals surface area contributed by atoms with E-state index in [1.165, 1.54) is 231 Å². The summed E-state index contributed by atoms with van der Waals surface area (Å²) in [4.78, 5) is 26.5. The smallest absolute Gasteiger partial charge is 0.306 e. The fourth-order valence-corrected chi connectivity index (χ4v) is 10.7. The van der Waals surface area contributed by atoms with Crippen LogP contribution in [0.1, 0.15) is 323 Å². The van der Waals surface area contributed by atoms with Crippen LogP contribution < -0.4 is 5.32 Å². The summed E-state index contributed by atoms with van der Waals surface area (Å²) in [5, 5.41) is 56.9. The van der Waals surface area contributed by atoms with Crippen molar-refractivity contribution in [1.29, 1.82) is 0 Å². The van der Waals surface area contributed by atoms with Gasteiger partial charge in [-0.25, -0.2) is 0 Å². The third kappa shape index (κ3) is 44.1. The van der Waals surface area contributed by atoms with Gasteiger partial charge in [-0.2, -0.15) is 0 Å². The first-order valence-corrected chi connectivity index (χ1v) is 33.8. The molecule has 79 heavy (non-hydrogen) atoms. The van der Waals surface area contributed by atoms with Crippen molar-refractivity contribution in [3.8, 4) is 0 Å². The molecule has 0 bridgehead atoms. The number of allylic oxidation sites excluding steroid dienone is 4. The van der Waals surface area contributed by atoms with Gasteiger partial charge in [0, 0.05) is 12.8 Å². The third-order valence-corrected chi connectivity index (χ3v) is 16.1. The lowest BCUT2D eigenvalue weighted by Crippen LogP contribution is -2.61. The van der Waals surface area contributed by atoms with Gasteiger partial charge in [0.2, 0.25) is 5.91 Å². The largest absolute Gasteiger partial charge is 0.454 e. The topological polar surface area (TPSA) is 175 Å². The first-order valence-electron chi connectivity index (χ1n) is 33.8. The Balaban J connectivity index is 2.57. The van der Waals surface area contributed by atoms with E-state index in [-0.39, 0.29) is 19.4 Å². The number of aliphatic hydroxyl groups excluding tert-OH is 5. The first-order chi connectivity index (χ1) is 38.7. The van der Waals surface area contributed by atoms with Crippen molar-refractivity contribution in [2.75, 3.05) is 13.2 Å². The van der Waals surface area contributed by atoms with E-state index in [0.29, 0.717) is 12.8 Å². The predicted octanol–water partition coefficient (Wildman–Crippen LogP) is 16.6. The number of aliphatic hydroxyl groups is 5. The van der Waals surface area contributed by atoms with Gasteiger partial charge >= 0.3 is 5.97 Å². The zero-order valence-corrected chi connectivity index (χ0v) is 51.5. The second-order valence-corrected chi connectivity index (χ2v) is 23.6. The molecule has 0 aromatic rings. The van der Waals surface area contributed by atoms with Gasteiger partial charge < -0.3 is 45.1 Å². The second kappa shape index (κ2) is 56.4. The molecule has 1 aliphatic heterocycles. The Morgan fingerprint density at radius 2 is 0.873 bits per heavy atom. The highest BCUT2D eigenvalue weighted by atomic mass is 16.7. The summed E-state index contributed by atoms with van der Waals surface area (Å²) in [6.45, 7) is 5.78. The molecule has 11 nitrogen and oxygen atoms in total. The average Bonchev–Trinajstić information content (AvgIpc) is 3.51. The van der Waals surface area contributed by atoms with Crippen LogP contribution in [0, 0.1) is 0 Å². The molecule has 1 amide bonds. The van der Waals surface area contributed by atoms with Crippen LogP contribution in [0.15, 0.2) is 36.5 Å². The summed E-state index contributed by atoms with van der Waals surface area (Å²) < 4.78 is 17.6. The summed E-state index contributed by atoms with van der Waals surface area (Å²) in [7, 11) is 0. The number of ether oxygens (including phenoxy) is 3. The van der Waals surface area contributed by atoms with E-state index in [0.717, 1.165) is 44.9 Å². The Hall–Kier alpha value is -2.12. The zero-order chi connectivity index (χ0) is 57.5. The van der Waals surface area contributed by atoms with Gasteiger partial charge in [-0.15, -0.1) is 0 Å². The van der Waals surface area contributed by atoms with Gasteiger partial charge in [-0.1, -0.05) is 308 Å². The maximum Gasteiger partial charge on any atom is 0.306 e. The minimum atomic E-state index is -1.62. The van der Waals surface area contributed by atoms with Gasteiger partial charge in [0.15, 0.2) is 12.4 Å². The fraction of sp³-hybridized carbons (Fsp3) is 0.882. The highest BCUT2D eigenvalue weighted by molar-refractivity contribution is 5.81. The van der Waals surface area contributed by atoms with Crippen molar-refractivity contribution in [1.82, 2.24) is 5.32 Å². The second-order valence-electron chi connectivity index (χ2n) is 23.6. The number of carbonyl (C=O) groups excluding carboxylic acids is 2. The van der Waals surface area contributed by atoms with Gasteiger partial charge in [0.25, 0.3) is 0 Å². The van der Waals surface area contributed by atoms with E-state index >= 15 is 0 Å². The van der Waals surface area contributed by atoms with Gasteiger partial charge in [0.1, 0.15) is 24.4 Å². The van der Waals surface area contributed by atoms with E-state index in [2.05, 4.69) is 38.2 Å². The standard InChI is InChI=1S/C68H127NO10/c1-4-7-10-13-16-19-22-25-26-27-28-29-30-31-32-33-34-35-36-38-41-44-47-50-53-56-63(73)79-66-65(75)64(74)62(57-70)78-68(66)77-58-59(60(71)54-51-48-45-42-40-37-23-20-17-14-11-8-5-2)69-67(76)61(72)55-52-49-46-43-39-24-21-18-15-12-9-6-3/h39,43,49,51-52,54,59-62,64-66,68,70-72,74-75H,4-38,40-42,44-48,50,53,55-58H2,1-3H3,(H,69,76)/b43-39-,52-49+,54-51+. The van der Waals surface area contributed by atoms with Crippen molar-refractivity contribution >= 4 is 11.9 Å². The molecule has 0 aromatic heterocycles. The molecule has 6 N–H and O–H groups in total. The summed E-state index contributed by atoms with van der Waals surface area (Å²) in [5.74, 6) is -1.25. The molecule has 1 heterocycles. The lowest BCUT2D eigenvalue weighted by atomic mass is 9.99. The Kier molecular flexibility index (Phi) is 53.4. The van der Waals surface area contributed by atoms with Crippen molar-refractivity contribution in [3.63, 3.8) is 0 Å². The van der Waals surface area contributed by atoms with Crippen LogP contribution in [0.4, 0.5) is 0 Å². The molecular formula is C68H127NO10. The van der Waals surface area contributed by atoms with Crippen LogP contribution in [0.25, 0.3) is 0 Å². The molecule has 1 saturated heterocycles. The Morgan fingerprint density at radius 1 is 0.494 bits per heavy atom. The molecule has 0 spiro atoms.